The largest absolute Gasteiger partial charge is 0.461 e. The van der Waals surface area contributed by atoms with E-state index in [1.165, 1.54) is 11.1 Å². The summed E-state index contributed by atoms with van der Waals surface area (Å²) in [6.07, 6.45) is 4.50. The Morgan fingerprint density at radius 3 is 2.38 bits per heavy atom. The number of allylic oxidation sites excluding steroid dienone is 4. The predicted molar refractivity (Wildman–Crippen MR) is 54.3 cm³/mol. The standard InChI is InChI=1S/C12H14O/c1-8-6-9(2)11(7-8)12-5-4-10(3)13-12/h4-8H,1-3H3. The Kier molecular flexibility index (Phi) is 1.87. The molecule has 1 aliphatic carbocycles. The maximum atomic E-state index is 5.58. The molecule has 0 aromatic carbocycles. The third-order valence-electron chi connectivity index (χ3n) is 2.37. The number of hydrogen-bond acceptors (Lipinski definition) is 1. The fourth-order valence-electron chi connectivity index (χ4n) is 1.78. The van der Waals surface area contributed by atoms with Crippen LogP contribution in [0.3, 0.4) is 0 Å². The molecule has 0 bridgehead atoms. The molecule has 1 atom stereocenters. The molecule has 0 fully saturated rings. The molecule has 0 N–H and O–H groups in total. The van der Waals surface area contributed by atoms with E-state index >= 15 is 0 Å². The molecule has 0 saturated carbocycles. The van der Waals surface area contributed by atoms with E-state index in [9.17, 15) is 0 Å². The third kappa shape index (κ3) is 1.46. The van der Waals surface area contributed by atoms with Crippen molar-refractivity contribution in [2.45, 2.75) is 20.8 Å². The predicted octanol–water partition coefficient (Wildman–Crippen LogP) is 3.57. The van der Waals surface area contributed by atoms with Gasteiger partial charge in [-0.25, -0.2) is 0 Å². The zero-order chi connectivity index (χ0) is 9.42. The molecule has 0 amide bonds. The Bertz CT molecular complexity index is 380. The van der Waals surface area contributed by atoms with E-state index in [1.807, 2.05) is 19.1 Å². The summed E-state index contributed by atoms with van der Waals surface area (Å²) in [5.74, 6) is 2.51. The van der Waals surface area contributed by atoms with E-state index in [1.54, 1.807) is 0 Å². The van der Waals surface area contributed by atoms with Crippen LogP contribution in [0.15, 0.2) is 34.3 Å². The monoisotopic (exact) mass is 174 g/mol. The van der Waals surface area contributed by atoms with Crippen molar-refractivity contribution in [2.24, 2.45) is 5.92 Å². The minimum Gasteiger partial charge on any atom is -0.461 e. The van der Waals surface area contributed by atoms with Gasteiger partial charge in [0, 0.05) is 5.57 Å². The van der Waals surface area contributed by atoms with Crippen molar-refractivity contribution < 1.29 is 4.42 Å². The molecule has 0 aliphatic heterocycles. The van der Waals surface area contributed by atoms with Crippen molar-refractivity contribution >= 4 is 5.57 Å². The average molecular weight is 174 g/mol. The molecule has 1 heterocycles. The van der Waals surface area contributed by atoms with Crippen LogP contribution in [0.1, 0.15) is 25.4 Å². The topological polar surface area (TPSA) is 13.1 Å². The molecule has 0 saturated heterocycles. The zero-order valence-corrected chi connectivity index (χ0v) is 8.29. The van der Waals surface area contributed by atoms with Gasteiger partial charge in [-0.1, -0.05) is 19.1 Å². The molecule has 0 spiro atoms. The van der Waals surface area contributed by atoms with Gasteiger partial charge in [0.2, 0.25) is 0 Å². The van der Waals surface area contributed by atoms with Crippen molar-refractivity contribution in [3.8, 4) is 0 Å². The lowest BCUT2D eigenvalue weighted by Gasteiger charge is -1.98. The van der Waals surface area contributed by atoms with Crippen LogP contribution < -0.4 is 0 Å². The Labute approximate surface area is 78.8 Å². The first-order valence-corrected chi connectivity index (χ1v) is 4.64. The van der Waals surface area contributed by atoms with Crippen molar-refractivity contribution in [1.29, 1.82) is 0 Å². The smallest absolute Gasteiger partial charge is 0.134 e. The summed E-state index contributed by atoms with van der Waals surface area (Å²) in [7, 11) is 0. The lowest BCUT2D eigenvalue weighted by molar-refractivity contribution is 0.522. The molecule has 68 valence electrons. The van der Waals surface area contributed by atoms with Gasteiger partial charge >= 0.3 is 0 Å². The van der Waals surface area contributed by atoms with Crippen molar-refractivity contribution in [3.05, 3.63) is 41.4 Å². The number of aryl methyl sites for hydroxylation is 1. The van der Waals surface area contributed by atoms with E-state index in [4.69, 9.17) is 4.42 Å². The fourth-order valence-corrected chi connectivity index (χ4v) is 1.78. The molecule has 0 radical (unpaired) electrons. The fraction of sp³-hybridized carbons (Fsp3) is 0.333. The van der Waals surface area contributed by atoms with Gasteiger partial charge in [0.15, 0.2) is 0 Å². The summed E-state index contributed by atoms with van der Waals surface area (Å²) >= 11 is 0. The van der Waals surface area contributed by atoms with Gasteiger partial charge in [0.05, 0.1) is 0 Å². The molecule has 1 nitrogen and oxygen atoms in total. The molecule has 13 heavy (non-hydrogen) atoms. The molecule has 1 aromatic rings. The second kappa shape index (κ2) is 2.91. The lowest BCUT2D eigenvalue weighted by atomic mass is 10.1. The quantitative estimate of drug-likeness (QED) is 0.634. The highest BCUT2D eigenvalue weighted by molar-refractivity contribution is 5.78. The molecule has 2 rings (SSSR count). The maximum Gasteiger partial charge on any atom is 0.134 e. The SMILES string of the molecule is CC1=CC(C)C=C1c1ccc(C)o1. The molecular weight excluding hydrogens is 160 g/mol. The lowest BCUT2D eigenvalue weighted by Crippen LogP contribution is -1.78. The number of furan rings is 1. The van der Waals surface area contributed by atoms with Crippen LogP contribution in [0.2, 0.25) is 0 Å². The van der Waals surface area contributed by atoms with Crippen molar-refractivity contribution in [1.82, 2.24) is 0 Å². The molecule has 1 unspecified atom stereocenters. The van der Waals surface area contributed by atoms with Crippen LogP contribution in [0.4, 0.5) is 0 Å². The Morgan fingerprint density at radius 1 is 1.15 bits per heavy atom. The van der Waals surface area contributed by atoms with Gasteiger partial charge in [0.25, 0.3) is 0 Å². The van der Waals surface area contributed by atoms with Crippen LogP contribution in [-0.2, 0) is 0 Å². The highest BCUT2D eigenvalue weighted by Crippen LogP contribution is 2.32. The van der Waals surface area contributed by atoms with Crippen LogP contribution >= 0.6 is 0 Å². The van der Waals surface area contributed by atoms with Gasteiger partial charge < -0.3 is 4.42 Å². The summed E-state index contributed by atoms with van der Waals surface area (Å²) in [4.78, 5) is 0. The molecule has 1 aliphatic rings. The minimum atomic E-state index is 0.542. The van der Waals surface area contributed by atoms with Gasteiger partial charge in [-0.05, 0) is 37.5 Å². The summed E-state index contributed by atoms with van der Waals surface area (Å²) in [6, 6.07) is 4.04. The van der Waals surface area contributed by atoms with E-state index in [-0.39, 0.29) is 0 Å². The van der Waals surface area contributed by atoms with Gasteiger partial charge in [0.1, 0.15) is 11.5 Å². The van der Waals surface area contributed by atoms with Crippen molar-refractivity contribution in [2.75, 3.05) is 0 Å². The first kappa shape index (κ1) is 8.36. The Balaban J connectivity index is 2.38. The second-order valence-electron chi connectivity index (χ2n) is 3.70. The Morgan fingerprint density at radius 2 is 1.92 bits per heavy atom. The van der Waals surface area contributed by atoms with Crippen LogP contribution in [0, 0.1) is 12.8 Å². The normalized spacial score (nSPS) is 21.6. The van der Waals surface area contributed by atoms with Crippen LogP contribution in [-0.4, -0.2) is 0 Å². The van der Waals surface area contributed by atoms with Crippen LogP contribution in [0.25, 0.3) is 5.57 Å². The number of rotatable bonds is 1. The van der Waals surface area contributed by atoms with Crippen LogP contribution in [0.5, 0.6) is 0 Å². The summed E-state index contributed by atoms with van der Waals surface area (Å²) in [5, 5.41) is 0. The molecular formula is C12H14O. The first-order chi connectivity index (χ1) is 6.16. The van der Waals surface area contributed by atoms with Gasteiger partial charge in [-0.2, -0.15) is 0 Å². The maximum absolute atomic E-state index is 5.58. The zero-order valence-electron chi connectivity index (χ0n) is 8.29. The van der Waals surface area contributed by atoms with E-state index in [0.717, 1.165) is 11.5 Å². The Hall–Kier alpha value is -1.24. The third-order valence-corrected chi connectivity index (χ3v) is 2.37. The van der Waals surface area contributed by atoms with Gasteiger partial charge in [-0.3, -0.25) is 0 Å². The first-order valence-electron chi connectivity index (χ1n) is 4.64. The van der Waals surface area contributed by atoms with Crippen molar-refractivity contribution in [3.63, 3.8) is 0 Å². The van der Waals surface area contributed by atoms with E-state index < -0.39 is 0 Å². The molecule has 1 heteroatoms. The minimum absolute atomic E-state index is 0.542. The second-order valence-corrected chi connectivity index (χ2v) is 3.70. The number of hydrogen-bond donors (Lipinski definition) is 0. The summed E-state index contributed by atoms with van der Waals surface area (Å²) in [6.45, 7) is 6.29. The summed E-state index contributed by atoms with van der Waals surface area (Å²) in [5.41, 5.74) is 2.57. The van der Waals surface area contributed by atoms with Gasteiger partial charge in [-0.15, -0.1) is 0 Å². The summed E-state index contributed by atoms with van der Waals surface area (Å²) < 4.78 is 5.58. The van der Waals surface area contributed by atoms with E-state index in [0.29, 0.717) is 5.92 Å². The molecule has 1 aromatic heterocycles. The highest BCUT2D eigenvalue weighted by atomic mass is 16.3. The van der Waals surface area contributed by atoms with E-state index in [2.05, 4.69) is 26.0 Å². The highest BCUT2D eigenvalue weighted by Gasteiger charge is 2.14. The average Bonchev–Trinajstić information content (AvgIpc) is 2.58.